The molecular formula is C48H36N4. The van der Waals surface area contributed by atoms with E-state index in [1.807, 2.05) is 36.8 Å². The number of hydrogen-bond donors (Lipinski definition) is 1. The number of nitrogens with zero attached hydrogens (tertiary/aromatic N) is 3. The SMILES string of the molecule is C1=C(c2ccc(Nc3cccnc3)cc2)CCc2cc3cc(-c4ccc(N(c5ccc(-c6ccccc6)cc5)c5cccnc5)cc4)ccc3cc21. The maximum atomic E-state index is 4.43. The Balaban J connectivity index is 0.962. The lowest BCUT2D eigenvalue weighted by Crippen LogP contribution is -2.10. The van der Waals surface area contributed by atoms with Gasteiger partial charge in [0.1, 0.15) is 0 Å². The van der Waals surface area contributed by atoms with Gasteiger partial charge >= 0.3 is 0 Å². The Kier molecular flexibility index (Phi) is 8.32. The smallest absolute Gasteiger partial charge is 0.0644 e. The molecule has 1 aliphatic carbocycles. The molecule has 52 heavy (non-hydrogen) atoms. The fourth-order valence-corrected chi connectivity index (χ4v) is 7.19. The van der Waals surface area contributed by atoms with Crippen molar-refractivity contribution < 1.29 is 0 Å². The van der Waals surface area contributed by atoms with Gasteiger partial charge in [-0.25, -0.2) is 0 Å². The zero-order valence-electron chi connectivity index (χ0n) is 28.7. The highest BCUT2D eigenvalue weighted by atomic mass is 15.1. The lowest BCUT2D eigenvalue weighted by Gasteiger charge is -2.25. The van der Waals surface area contributed by atoms with E-state index in [0.29, 0.717) is 0 Å². The van der Waals surface area contributed by atoms with E-state index in [-0.39, 0.29) is 0 Å². The number of rotatable bonds is 8. The Morgan fingerprint density at radius 3 is 1.79 bits per heavy atom. The molecular weight excluding hydrogens is 633 g/mol. The molecule has 2 aromatic heterocycles. The Morgan fingerprint density at radius 2 is 1.10 bits per heavy atom. The van der Waals surface area contributed by atoms with E-state index in [1.54, 1.807) is 6.20 Å². The molecule has 9 rings (SSSR count). The third kappa shape index (κ3) is 6.46. The van der Waals surface area contributed by atoms with Gasteiger partial charge < -0.3 is 10.2 Å². The summed E-state index contributed by atoms with van der Waals surface area (Å²) in [6.07, 6.45) is 11.8. The second-order valence-electron chi connectivity index (χ2n) is 13.2. The normalized spacial score (nSPS) is 12.2. The maximum absolute atomic E-state index is 4.43. The van der Waals surface area contributed by atoms with Crippen molar-refractivity contribution in [1.29, 1.82) is 0 Å². The average Bonchev–Trinajstić information content (AvgIpc) is 3.22. The lowest BCUT2D eigenvalue weighted by atomic mass is 9.86. The van der Waals surface area contributed by atoms with Crippen LogP contribution in [0.4, 0.5) is 28.4 Å². The van der Waals surface area contributed by atoms with Crippen molar-refractivity contribution in [3.05, 3.63) is 199 Å². The van der Waals surface area contributed by atoms with Crippen LogP contribution in [0.5, 0.6) is 0 Å². The average molecular weight is 669 g/mol. The number of nitrogens with one attached hydrogen (secondary N) is 1. The molecule has 0 unspecified atom stereocenters. The minimum absolute atomic E-state index is 0.988. The minimum Gasteiger partial charge on any atom is -0.354 e. The van der Waals surface area contributed by atoms with Gasteiger partial charge in [0.2, 0.25) is 0 Å². The summed E-state index contributed by atoms with van der Waals surface area (Å²) in [5, 5.41) is 5.96. The summed E-state index contributed by atoms with van der Waals surface area (Å²) in [4.78, 5) is 10.9. The van der Waals surface area contributed by atoms with E-state index in [9.17, 15) is 0 Å². The highest BCUT2D eigenvalue weighted by Crippen LogP contribution is 2.38. The minimum atomic E-state index is 0.988. The third-order valence-corrected chi connectivity index (χ3v) is 9.89. The van der Waals surface area contributed by atoms with Crippen LogP contribution in [0.2, 0.25) is 0 Å². The molecule has 0 saturated carbocycles. The van der Waals surface area contributed by atoms with Crippen molar-refractivity contribution in [2.45, 2.75) is 12.8 Å². The van der Waals surface area contributed by atoms with Crippen molar-refractivity contribution in [3.8, 4) is 22.3 Å². The van der Waals surface area contributed by atoms with Gasteiger partial charge in [0.05, 0.1) is 23.8 Å². The molecule has 4 nitrogen and oxygen atoms in total. The molecule has 0 aliphatic heterocycles. The van der Waals surface area contributed by atoms with Crippen LogP contribution in [0.1, 0.15) is 23.1 Å². The Labute approximate surface area is 304 Å². The van der Waals surface area contributed by atoms with Crippen LogP contribution in [0.3, 0.4) is 0 Å². The summed E-state index contributed by atoms with van der Waals surface area (Å²) in [6.45, 7) is 0. The molecule has 248 valence electrons. The highest BCUT2D eigenvalue weighted by molar-refractivity contribution is 5.94. The summed E-state index contributed by atoms with van der Waals surface area (Å²) in [6, 6.07) is 56.4. The van der Waals surface area contributed by atoms with Crippen LogP contribution in [0, 0.1) is 0 Å². The zero-order valence-corrected chi connectivity index (χ0v) is 28.7. The second-order valence-corrected chi connectivity index (χ2v) is 13.2. The van der Waals surface area contributed by atoms with E-state index >= 15 is 0 Å². The largest absolute Gasteiger partial charge is 0.354 e. The molecule has 0 atom stereocenters. The van der Waals surface area contributed by atoms with Gasteiger partial charge in [-0.05, 0) is 141 Å². The molecule has 8 aromatic rings. The molecule has 0 fully saturated rings. The molecule has 1 aliphatic rings. The summed E-state index contributed by atoms with van der Waals surface area (Å²) in [7, 11) is 0. The zero-order chi connectivity index (χ0) is 34.7. The van der Waals surface area contributed by atoms with E-state index in [4.69, 9.17) is 0 Å². The Bertz CT molecular complexity index is 2490. The number of pyridine rings is 2. The first-order valence-corrected chi connectivity index (χ1v) is 17.7. The van der Waals surface area contributed by atoms with E-state index in [1.165, 1.54) is 55.3 Å². The third-order valence-electron chi connectivity index (χ3n) is 9.89. The second kappa shape index (κ2) is 13.9. The van der Waals surface area contributed by atoms with Crippen LogP contribution >= 0.6 is 0 Å². The van der Waals surface area contributed by atoms with Crippen LogP contribution in [-0.4, -0.2) is 9.97 Å². The van der Waals surface area contributed by atoms with Gasteiger partial charge in [-0.1, -0.05) is 91.0 Å². The Morgan fingerprint density at radius 1 is 0.442 bits per heavy atom. The molecule has 0 saturated heterocycles. The molecule has 0 bridgehead atoms. The van der Waals surface area contributed by atoms with Gasteiger partial charge in [0.25, 0.3) is 0 Å². The number of fused-ring (bicyclic) bond motifs is 2. The topological polar surface area (TPSA) is 41.1 Å². The van der Waals surface area contributed by atoms with E-state index in [2.05, 4.69) is 166 Å². The monoisotopic (exact) mass is 668 g/mol. The molecule has 0 amide bonds. The number of anilines is 5. The molecule has 2 heterocycles. The van der Waals surface area contributed by atoms with Gasteiger partial charge in [-0.15, -0.1) is 0 Å². The number of benzene rings is 6. The van der Waals surface area contributed by atoms with Crippen molar-refractivity contribution >= 4 is 50.9 Å². The van der Waals surface area contributed by atoms with Crippen molar-refractivity contribution in [2.24, 2.45) is 0 Å². The predicted molar refractivity (Wildman–Crippen MR) is 217 cm³/mol. The quantitative estimate of drug-likeness (QED) is 0.175. The van der Waals surface area contributed by atoms with Crippen LogP contribution in [-0.2, 0) is 6.42 Å². The number of hydrogen-bond acceptors (Lipinski definition) is 4. The first kappa shape index (κ1) is 31.2. The lowest BCUT2D eigenvalue weighted by molar-refractivity contribution is 1.00. The van der Waals surface area contributed by atoms with Crippen molar-refractivity contribution in [1.82, 2.24) is 9.97 Å². The van der Waals surface area contributed by atoms with Gasteiger partial charge in [0.15, 0.2) is 0 Å². The van der Waals surface area contributed by atoms with Gasteiger partial charge in [-0.3, -0.25) is 9.97 Å². The number of allylic oxidation sites excluding steroid dienone is 1. The van der Waals surface area contributed by atoms with Crippen LogP contribution in [0.15, 0.2) is 183 Å². The fourth-order valence-electron chi connectivity index (χ4n) is 7.19. The van der Waals surface area contributed by atoms with Gasteiger partial charge in [0, 0.05) is 29.5 Å². The molecule has 1 N–H and O–H groups in total. The summed E-state index contributed by atoms with van der Waals surface area (Å²) in [5.74, 6) is 0. The van der Waals surface area contributed by atoms with E-state index in [0.717, 1.165) is 41.3 Å². The van der Waals surface area contributed by atoms with E-state index < -0.39 is 0 Å². The predicted octanol–water partition coefficient (Wildman–Crippen LogP) is 12.7. The summed E-state index contributed by atoms with van der Waals surface area (Å²) >= 11 is 0. The number of aromatic nitrogens is 2. The molecule has 0 radical (unpaired) electrons. The Hall–Kier alpha value is -6.78. The van der Waals surface area contributed by atoms with Crippen LogP contribution in [0.25, 0.3) is 44.7 Å². The summed E-state index contributed by atoms with van der Waals surface area (Å²) < 4.78 is 0. The maximum Gasteiger partial charge on any atom is 0.0644 e. The molecule has 0 spiro atoms. The fraction of sp³-hybridized carbons (Fsp3) is 0.0417. The molecule has 4 heteroatoms. The number of aryl methyl sites for hydroxylation is 1. The van der Waals surface area contributed by atoms with Crippen molar-refractivity contribution in [3.63, 3.8) is 0 Å². The first-order valence-electron chi connectivity index (χ1n) is 17.7. The van der Waals surface area contributed by atoms with Crippen molar-refractivity contribution in [2.75, 3.05) is 10.2 Å². The standard InChI is InChI=1S/C48H36N4/c1-2-6-34(7-3-1)35-16-22-46(23-17-35)52(48-9-5-27-50-33-48)47-24-18-37(19-25-47)39-11-13-41-30-42-28-38(10-12-40(42)31-43(41)29-39)36-14-20-44(21-15-36)51-45-8-4-26-49-32-45/h1-9,11,13-33,51H,10,12H2. The van der Waals surface area contributed by atoms with Gasteiger partial charge in [-0.2, -0.15) is 0 Å². The first-order chi connectivity index (χ1) is 25.7. The van der Waals surface area contributed by atoms with Crippen LogP contribution < -0.4 is 10.2 Å². The molecule has 6 aromatic carbocycles. The highest BCUT2D eigenvalue weighted by Gasteiger charge is 2.16. The summed E-state index contributed by atoms with van der Waals surface area (Å²) in [5.41, 5.74) is 15.4.